The molecule has 1 aromatic rings. The quantitative estimate of drug-likeness (QED) is 0.789. The second-order valence-electron chi connectivity index (χ2n) is 3.87. The topological polar surface area (TPSA) is 18.5 Å². The van der Waals surface area contributed by atoms with Crippen LogP contribution in [0.1, 0.15) is 18.9 Å². The molecule has 1 aromatic carbocycles. The Labute approximate surface area is 95.1 Å². The molecule has 1 aliphatic rings. The molecular formula is C12H15ClO2. The van der Waals surface area contributed by atoms with Crippen molar-refractivity contribution in [1.82, 2.24) is 0 Å². The first kappa shape index (κ1) is 10.9. The SMILES string of the molecule is C[C@H]1CO[C@@H](CCc2ccc(Cl)cc2)O1. The van der Waals surface area contributed by atoms with E-state index in [9.17, 15) is 0 Å². The van der Waals surface area contributed by atoms with Gasteiger partial charge in [-0.25, -0.2) is 0 Å². The van der Waals surface area contributed by atoms with E-state index in [-0.39, 0.29) is 12.4 Å². The van der Waals surface area contributed by atoms with Crippen molar-refractivity contribution < 1.29 is 9.47 Å². The minimum Gasteiger partial charge on any atom is -0.350 e. The molecule has 15 heavy (non-hydrogen) atoms. The lowest BCUT2D eigenvalue weighted by molar-refractivity contribution is -0.0587. The van der Waals surface area contributed by atoms with Crippen LogP contribution in [0.5, 0.6) is 0 Å². The fourth-order valence-corrected chi connectivity index (χ4v) is 1.79. The molecule has 82 valence electrons. The molecule has 0 aromatic heterocycles. The summed E-state index contributed by atoms with van der Waals surface area (Å²) in [5.41, 5.74) is 1.27. The van der Waals surface area contributed by atoms with Crippen LogP contribution in [-0.2, 0) is 15.9 Å². The second kappa shape index (κ2) is 4.97. The molecule has 2 rings (SSSR count). The van der Waals surface area contributed by atoms with E-state index in [4.69, 9.17) is 21.1 Å². The van der Waals surface area contributed by atoms with Crippen molar-refractivity contribution in [2.45, 2.75) is 32.2 Å². The number of rotatable bonds is 3. The van der Waals surface area contributed by atoms with E-state index >= 15 is 0 Å². The van der Waals surface area contributed by atoms with Gasteiger partial charge < -0.3 is 9.47 Å². The highest BCUT2D eigenvalue weighted by Crippen LogP contribution is 2.17. The number of ether oxygens (including phenoxy) is 2. The third-order valence-corrected chi connectivity index (χ3v) is 2.73. The average Bonchev–Trinajstić information content (AvgIpc) is 2.64. The highest BCUT2D eigenvalue weighted by molar-refractivity contribution is 6.30. The first-order valence-electron chi connectivity index (χ1n) is 5.25. The smallest absolute Gasteiger partial charge is 0.158 e. The highest BCUT2D eigenvalue weighted by atomic mass is 35.5. The van der Waals surface area contributed by atoms with Crippen LogP contribution in [0, 0.1) is 0 Å². The first-order chi connectivity index (χ1) is 7.24. The van der Waals surface area contributed by atoms with Crippen molar-refractivity contribution in [2.24, 2.45) is 0 Å². The zero-order chi connectivity index (χ0) is 10.7. The van der Waals surface area contributed by atoms with Crippen molar-refractivity contribution in [1.29, 1.82) is 0 Å². The zero-order valence-corrected chi connectivity index (χ0v) is 9.54. The Balaban J connectivity index is 1.80. The Bertz CT molecular complexity index is 310. The average molecular weight is 227 g/mol. The number of hydrogen-bond donors (Lipinski definition) is 0. The molecule has 0 bridgehead atoms. The third kappa shape index (κ3) is 3.20. The van der Waals surface area contributed by atoms with E-state index < -0.39 is 0 Å². The Morgan fingerprint density at radius 3 is 2.67 bits per heavy atom. The Hall–Kier alpha value is -0.570. The molecule has 1 saturated heterocycles. The van der Waals surface area contributed by atoms with Crippen molar-refractivity contribution in [3.8, 4) is 0 Å². The summed E-state index contributed by atoms with van der Waals surface area (Å²) in [6.07, 6.45) is 2.08. The zero-order valence-electron chi connectivity index (χ0n) is 8.78. The van der Waals surface area contributed by atoms with Gasteiger partial charge in [0.05, 0.1) is 12.7 Å². The minimum absolute atomic E-state index is 0.0318. The van der Waals surface area contributed by atoms with Crippen LogP contribution in [0.15, 0.2) is 24.3 Å². The summed E-state index contributed by atoms with van der Waals surface area (Å²) in [5, 5.41) is 0.778. The lowest BCUT2D eigenvalue weighted by atomic mass is 10.1. The monoisotopic (exact) mass is 226 g/mol. The van der Waals surface area contributed by atoms with Crippen molar-refractivity contribution in [3.05, 3.63) is 34.9 Å². The number of aryl methyl sites for hydroxylation is 1. The fraction of sp³-hybridized carbons (Fsp3) is 0.500. The van der Waals surface area contributed by atoms with Crippen LogP contribution >= 0.6 is 11.6 Å². The van der Waals surface area contributed by atoms with Crippen LogP contribution in [0.4, 0.5) is 0 Å². The number of benzene rings is 1. The van der Waals surface area contributed by atoms with E-state index in [1.54, 1.807) is 0 Å². The molecule has 2 atom stereocenters. The number of halogens is 1. The third-order valence-electron chi connectivity index (χ3n) is 2.48. The van der Waals surface area contributed by atoms with Crippen LogP contribution in [0.3, 0.4) is 0 Å². The van der Waals surface area contributed by atoms with Crippen LogP contribution in [-0.4, -0.2) is 19.0 Å². The molecule has 0 radical (unpaired) electrons. The summed E-state index contributed by atoms with van der Waals surface area (Å²) in [6, 6.07) is 7.91. The van der Waals surface area contributed by atoms with Crippen molar-refractivity contribution >= 4 is 11.6 Å². The summed E-state index contributed by atoms with van der Waals surface area (Å²) in [5.74, 6) is 0. The molecule has 1 fully saturated rings. The van der Waals surface area contributed by atoms with Crippen LogP contribution < -0.4 is 0 Å². The van der Waals surface area contributed by atoms with Gasteiger partial charge in [0.2, 0.25) is 0 Å². The molecule has 3 heteroatoms. The maximum atomic E-state index is 5.81. The molecule has 1 heterocycles. The van der Waals surface area contributed by atoms with E-state index in [0.717, 1.165) is 17.9 Å². The van der Waals surface area contributed by atoms with Crippen molar-refractivity contribution in [3.63, 3.8) is 0 Å². The van der Waals surface area contributed by atoms with Gasteiger partial charge in [-0.1, -0.05) is 23.7 Å². The van der Waals surface area contributed by atoms with Crippen LogP contribution in [0.25, 0.3) is 0 Å². The summed E-state index contributed by atoms with van der Waals surface area (Å²) in [7, 11) is 0. The van der Waals surface area contributed by atoms with Gasteiger partial charge in [-0.05, 0) is 31.0 Å². The first-order valence-corrected chi connectivity index (χ1v) is 5.63. The molecule has 1 aliphatic heterocycles. The Morgan fingerprint density at radius 2 is 2.07 bits per heavy atom. The Kier molecular flexibility index (Phi) is 3.62. The van der Waals surface area contributed by atoms with Crippen LogP contribution in [0.2, 0.25) is 5.02 Å². The van der Waals surface area contributed by atoms with Gasteiger partial charge >= 0.3 is 0 Å². The number of hydrogen-bond acceptors (Lipinski definition) is 2. The van der Waals surface area contributed by atoms with E-state index in [1.165, 1.54) is 5.56 Å². The van der Waals surface area contributed by atoms with E-state index in [0.29, 0.717) is 6.61 Å². The summed E-state index contributed by atoms with van der Waals surface area (Å²) >= 11 is 5.81. The fourth-order valence-electron chi connectivity index (χ4n) is 1.67. The molecular weight excluding hydrogens is 212 g/mol. The van der Waals surface area contributed by atoms with Gasteiger partial charge in [0.15, 0.2) is 6.29 Å². The minimum atomic E-state index is -0.0318. The summed E-state index contributed by atoms with van der Waals surface area (Å²) in [4.78, 5) is 0. The molecule has 0 aliphatic carbocycles. The predicted molar refractivity (Wildman–Crippen MR) is 60.1 cm³/mol. The molecule has 0 saturated carbocycles. The van der Waals surface area contributed by atoms with Gasteiger partial charge in [-0.15, -0.1) is 0 Å². The maximum absolute atomic E-state index is 5.81. The maximum Gasteiger partial charge on any atom is 0.158 e. The molecule has 2 nitrogen and oxygen atoms in total. The second-order valence-corrected chi connectivity index (χ2v) is 4.31. The van der Waals surface area contributed by atoms with E-state index in [1.807, 2.05) is 31.2 Å². The highest BCUT2D eigenvalue weighted by Gasteiger charge is 2.21. The predicted octanol–water partition coefficient (Wildman–Crippen LogP) is 3.03. The molecule has 0 unspecified atom stereocenters. The van der Waals surface area contributed by atoms with Gasteiger partial charge in [0, 0.05) is 11.4 Å². The van der Waals surface area contributed by atoms with Gasteiger partial charge in [0.25, 0.3) is 0 Å². The van der Waals surface area contributed by atoms with Crippen molar-refractivity contribution in [2.75, 3.05) is 6.61 Å². The molecule has 0 amide bonds. The van der Waals surface area contributed by atoms with Gasteiger partial charge in [-0.3, -0.25) is 0 Å². The molecule has 0 N–H and O–H groups in total. The normalized spacial score (nSPS) is 25.7. The Morgan fingerprint density at radius 1 is 1.33 bits per heavy atom. The molecule has 0 spiro atoms. The largest absolute Gasteiger partial charge is 0.350 e. The summed E-state index contributed by atoms with van der Waals surface area (Å²) in [6.45, 7) is 2.74. The lowest BCUT2D eigenvalue weighted by Gasteiger charge is -2.09. The summed E-state index contributed by atoms with van der Waals surface area (Å²) < 4.78 is 11.0. The van der Waals surface area contributed by atoms with E-state index in [2.05, 4.69) is 0 Å². The standard InChI is InChI=1S/C12H15ClO2/c1-9-8-14-12(15-9)7-4-10-2-5-11(13)6-3-10/h2-3,5-6,9,12H,4,7-8H2,1H3/t9-,12+/m0/s1. The van der Waals surface area contributed by atoms with Gasteiger partial charge in [0.1, 0.15) is 0 Å². The van der Waals surface area contributed by atoms with Gasteiger partial charge in [-0.2, -0.15) is 0 Å². The lowest BCUT2D eigenvalue weighted by Crippen LogP contribution is -2.10.